The summed E-state index contributed by atoms with van der Waals surface area (Å²) in [6.45, 7) is 5.29. The molecule has 0 atom stereocenters. The zero-order chi connectivity index (χ0) is 12.7. The molecule has 0 amide bonds. The molecule has 1 aromatic carbocycles. The minimum Gasteiger partial charge on any atom is -0.360 e. The number of hydrogen-bond acceptors (Lipinski definition) is 5. The van der Waals surface area contributed by atoms with Gasteiger partial charge in [-0.3, -0.25) is 0 Å². The normalized spacial score (nSPS) is 11.1. The molecule has 0 aliphatic heterocycles. The van der Waals surface area contributed by atoms with Crippen molar-refractivity contribution in [1.29, 1.82) is 0 Å². The van der Waals surface area contributed by atoms with E-state index in [4.69, 9.17) is 4.18 Å². The summed E-state index contributed by atoms with van der Waals surface area (Å²) in [5.74, 6) is 0.201. The molecule has 17 heavy (non-hydrogen) atoms. The van der Waals surface area contributed by atoms with E-state index in [9.17, 15) is 8.42 Å². The Balaban J connectivity index is 2.83. The van der Waals surface area contributed by atoms with E-state index in [2.05, 4.69) is 15.8 Å². The van der Waals surface area contributed by atoms with Crippen molar-refractivity contribution >= 4 is 10.4 Å². The maximum absolute atomic E-state index is 11.3. The molecule has 94 valence electrons. The first-order valence-electron chi connectivity index (χ1n) is 5.03. The van der Waals surface area contributed by atoms with Gasteiger partial charge in [0.15, 0.2) is 0 Å². The van der Waals surface area contributed by atoms with Crippen molar-refractivity contribution in [2.45, 2.75) is 13.3 Å². The van der Waals surface area contributed by atoms with Gasteiger partial charge in [0.2, 0.25) is 0 Å². The first-order chi connectivity index (χ1) is 8.09. The summed E-state index contributed by atoms with van der Waals surface area (Å²) >= 11 is 0. The summed E-state index contributed by atoms with van der Waals surface area (Å²) in [6, 6.07) is 6.72. The van der Waals surface area contributed by atoms with Crippen molar-refractivity contribution < 1.29 is 21.8 Å². The fraction of sp³-hybridized carbons (Fsp3) is 0.273. The van der Waals surface area contributed by atoms with Gasteiger partial charge in [0.05, 0.1) is 6.61 Å². The van der Waals surface area contributed by atoms with Crippen molar-refractivity contribution in [1.82, 2.24) is 0 Å². The number of hydrogen-bond donors (Lipinski definition) is 0. The zero-order valence-corrected chi connectivity index (χ0v) is 10.3. The highest BCUT2D eigenvalue weighted by Gasteiger charge is 2.16. The highest BCUT2D eigenvalue weighted by atomic mass is 32.3. The predicted octanol–water partition coefficient (Wildman–Crippen LogP) is 2.01. The van der Waals surface area contributed by atoms with Crippen molar-refractivity contribution in [3.63, 3.8) is 0 Å². The van der Waals surface area contributed by atoms with Gasteiger partial charge in [-0.2, -0.15) is 8.42 Å². The van der Waals surface area contributed by atoms with E-state index in [0.717, 1.165) is 0 Å². The Bertz CT molecular complexity index is 467. The molecule has 0 saturated carbocycles. The van der Waals surface area contributed by atoms with Crippen LogP contribution in [0.25, 0.3) is 0 Å². The van der Waals surface area contributed by atoms with Crippen LogP contribution in [0.1, 0.15) is 12.5 Å². The van der Waals surface area contributed by atoms with E-state index in [1.807, 2.05) is 0 Å². The van der Waals surface area contributed by atoms with Gasteiger partial charge in [-0.15, -0.1) is 6.58 Å². The van der Waals surface area contributed by atoms with Crippen molar-refractivity contribution in [3.8, 4) is 5.75 Å². The molecule has 0 aromatic heterocycles. The summed E-state index contributed by atoms with van der Waals surface area (Å²) in [4.78, 5) is 4.34. The number of benzene rings is 1. The van der Waals surface area contributed by atoms with Crippen LogP contribution in [-0.2, 0) is 26.0 Å². The maximum Gasteiger partial charge on any atom is 0.476 e. The van der Waals surface area contributed by atoms with Crippen LogP contribution in [0.2, 0.25) is 0 Å². The lowest BCUT2D eigenvalue weighted by Gasteiger charge is -2.08. The second kappa shape index (κ2) is 6.39. The minimum absolute atomic E-state index is 0.108. The summed E-state index contributed by atoms with van der Waals surface area (Å²) in [5.41, 5.74) is 0.700. The smallest absolute Gasteiger partial charge is 0.360 e. The fourth-order valence-corrected chi connectivity index (χ4v) is 1.76. The monoisotopic (exact) mass is 258 g/mol. The van der Waals surface area contributed by atoms with E-state index >= 15 is 0 Å². The molecular weight excluding hydrogens is 244 g/mol. The quantitative estimate of drug-likeness (QED) is 0.425. The Labute approximate surface area is 101 Å². The molecule has 1 aromatic rings. The van der Waals surface area contributed by atoms with Crippen molar-refractivity contribution in [2.75, 3.05) is 6.61 Å². The average molecular weight is 258 g/mol. The second-order valence-corrected chi connectivity index (χ2v) is 4.19. The van der Waals surface area contributed by atoms with Crippen LogP contribution >= 0.6 is 0 Å². The molecule has 6 heteroatoms. The Morgan fingerprint density at radius 2 is 2.06 bits per heavy atom. The molecule has 0 saturated heterocycles. The highest BCUT2D eigenvalue weighted by molar-refractivity contribution is 7.82. The first kappa shape index (κ1) is 13.7. The second-order valence-electron chi connectivity index (χ2n) is 3.07. The molecule has 0 N–H and O–H groups in total. The summed E-state index contributed by atoms with van der Waals surface area (Å²) in [7, 11) is -4.19. The van der Waals surface area contributed by atoms with Gasteiger partial charge in [-0.05, 0) is 25.0 Å². The van der Waals surface area contributed by atoms with Gasteiger partial charge in [-0.1, -0.05) is 28.6 Å². The third kappa shape index (κ3) is 4.56. The predicted molar refractivity (Wildman–Crippen MR) is 62.6 cm³/mol. The number of allylic oxidation sites excluding steroid dienone is 1. The molecule has 0 fully saturated rings. The van der Waals surface area contributed by atoms with Crippen LogP contribution in [0.15, 0.2) is 36.9 Å². The van der Waals surface area contributed by atoms with E-state index in [-0.39, 0.29) is 12.4 Å². The molecular formula is C11H14O5S. The van der Waals surface area contributed by atoms with Crippen LogP contribution in [-0.4, -0.2) is 15.0 Å². The molecule has 5 nitrogen and oxygen atoms in total. The van der Waals surface area contributed by atoms with Gasteiger partial charge in [-0.25, -0.2) is 4.89 Å². The minimum atomic E-state index is -4.19. The molecule has 0 radical (unpaired) electrons. The first-order valence-corrected chi connectivity index (χ1v) is 6.36. The summed E-state index contributed by atoms with van der Waals surface area (Å²) < 4.78 is 31.5. The lowest BCUT2D eigenvalue weighted by Crippen LogP contribution is -2.14. The molecule has 1 rings (SSSR count). The Kier molecular flexibility index (Phi) is 5.14. The van der Waals surface area contributed by atoms with E-state index in [1.165, 1.54) is 6.07 Å². The summed E-state index contributed by atoms with van der Waals surface area (Å²) in [5, 5.41) is 0. The van der Waals surface area contributed by atoms with Crippen molar-refractivity contribution in [2.24, 2.45) is 0 Å². The molecule has 0 unspecified atom stereocenters. The standard InChI is InChI=1S/C11H14O5S/c1-3-7-10-8-5-6-9-11(10)15-17(12,13)16-14-4-2/h3,5-6,8-9H,1,4,7H2,2H3. The SMILES string of the molecule is C=CCc1ccccc1OS(=O)(=O)OOCC. The third-order valence-electron chi connectivity index (χ3n) is 1.78. The van der Waals surface area contributed by atoms with Crippen LogP contribution in [0.3, 0.4) is 0 Å². The average Bonchev–Trinajstić information content (AvgIpc) is 2.29. The van der Waals surface area contributed by atoms with Crippen LogP contribution < -0.4 is 4.18 Å². The van der Waals surface area contributed by atoms with E-state index in [0.29, 0.717) is 12.0 Å². The highest BCUT2D eigenvalue weighted by Crippen LogP contribution is 2.21. The molecule has 0 aliphatic carbocycles. The number of rotatable bonds is 7. The van der Waals surface area contributed by atoms with Crippen LogP contribution in [0.4, 0.5) is 0 Å². The molecule has 0 bridgehead atoms. The van der Waals surface area contributed by atoms with Crippen LogP contribution in [0, 0.1) is 0 Å². The Morgan fingerprint density at radius 1 is 1.35 bits per heavy atom. The zero-order valence-electron chi connectivity index (χ0n) is 9.46. The Hall–Kier alpha value is -1.37. The fourth-order valence-electron chi connectivity index (χ4n) is 1.14. The van der Waals surface area contributed by atoms with Crippen molar-refractivity contribution in [3.05, 3.63) is 42.5 Å². The van der Waals surface area contributed by atoms with E-state index in [1.54, 1.807) is 31.2 Å². The van der Waals surface area contributed by atoms with Gasteiger partial charge in [0.25, 0.3) is 0 Å². The maximum atomic E-state index is 11.3. The van der Waals surface area contributed by atoms with Gasteiger partial charge < -0.3 is 4.18 Å². The third-order valence-corrected chi connectivity index (χ3v) is 2.42. The van der Waals surface area contributed by atoms with Gasteiger partial charge >= 0.3 is 10.4 Å². The van der Waals surface area contributed by atoms with E-state index < -0.39 is 10.4 Å². The summed E-state index contributed by atoms with van der Waals surface area (Å²) in [6.07, 6.45) is 2.15. The molecule has 0 spiro atoms. The van der Waals surface area contributed by atoms with Crippen LogP contribution in [0.5, 0.6) is 5.75 Å². The lowest BCUT2D eigenvalue weighted by atomic mass is 10.1. The lowest BCUT2D eigenvalue weighted by molar-refractivity contribution is -0.202. The largest absolute Gasteiger partial charge is 0.476 e. The Morgan fingerprint density at radius 3 is 2.71 bits per heavy atom. The van der Waals surface area contributed by atoms with Gasteiger partial charge in [0.1, 0.15) is 5.75 Å². The molecule has 0 aliphatic rings. The molecule has 0 heterocycles. The number of para-hydroxylation sites is 1. The topological polar surface area (TPSA) is 61.8 Å². The van der Waals surface area contributed by atoms with Gasteiger partial charge in [0, 0.05) is 0 Å².